The van der Waals surface area contributed by atoms with Gasteiger partial charge in [0.15, 0.2) is 0 Å². The van der Waals surface area contributed by atoms with Gasteiger partial charge in [0, 0.05) is 0 Å². The van der Waals surface area contributed by atoms with Gasteiger partial charge in [-0.1, -0.05) is 0 Å². The minimum absolute atomic E-state index is 0. The number of likely N-dealkylation sites (N-methyl/N-ethyl adjacent to an activating group) is 1. The molecule has 0 unspecified atom stereocenters. The molecule has 5 nitrogen and oxygen atoms in total. The molecule has 0 saturated carbocycles. The van der Waals surface area contributed by atoms with Crippen LogP contribution in [0.4, 0.5) is 4.79 Å². The minimum Gasteiger partial charge on any atom is -1.00 e. The summed E-state index contributed by atoms with van der Waals surface area (Å²) in [6.45, 7) is 4.67. The molecule has 94 valence electrons. The zero-order chi connectivity index (χ0) is 11.9. The van der Waals surface area contributed by atoms with Crippen LogP contribution in [0.2, 0.25) is 0 Å². The van der Waals surface area contributed by atoms with Crippen molar-refractivity contribution in [1.29, 1.82) is 0 Å². The highest BCUT2D eigenvalue weighted by Crippen LogP contribution is 2.16. The van der Waals surface area contributed by atoms with Crippen LogP contribution in [-0.2, 0) is 4.79 Å². The second-order valence-corrected chi connectivity index (χ2v) is 5.53. The maximum atomic E-state index is 11.8. The van der Waals surface area contributed by atoms with E-state index < -0.39 is 5.54 Å². The molecule has 0 radical (unpaired) electrons. The average Bonchev–Trinajstić information content (AvgIpc) is 2.18. The Morgan fingerprint density at radius 1 is 1.25 bits per heavy atom. The summed E-state index contributed by atoms with van der Waals surface area (Å²) in [5.41, 5.74) is -0.748. The van der Waals surface area contributed by atoms with Crippen LogP contribution >= 0.6 is 0 Å². The van der Waals surface area contributed by atoms with Crippen molar-refractivity contribution in [3.05, 3.63) is 0 Å². The Morgan fingerprint density at radius 2 is 1.75 bits per heavy atom. The molecule has 3 amide bonds. The Hall–Kier alpha value is -0.620. The molecule has 0 aromatic heterocycles. The van der Waals surface area contributed by atoms with Gasteiger partial charge in [-0.25, -0.2) is 4.79 Å². The fourth-order valence-electron chi connectivity index (χ4n) is 1.42. The molecule has 1 rings (SSSR count). The van der Waals surface area contributed by atoms with E-state index in [1.54, 1.807) is 13.8 Å². The monoisotopic (exact) mass is 293 g/mol. The van der Waals surface area contributed by atoms with Crippen molar-refractivity contribution in [2.45, 2.75) is 19.4 Å². The Kier molecular flexibility index (Phi) is 4.53. The van der Waals surface area contributed by atoms with Crippen LogP contribution in [0, 0.1) is 0 Å². The van der Waals surface area contributed by atoms with Gasteiger partial charge in [0.25, 0.3) is 5.91 Å². The van der Waals surface area contributed by atoms with Crippen molar-refractivity contribution in [2.75, 3.05) is 34.2 Å². The van der Waals surface area contributed by atoms with Crippen molar-refractivity contribution in [1.82, 2.24) is 10.2 Å². The Balaban J connectivity index is 0.00000225. The van der Waals surface area contributed by atoms with Gasteiger partial charge in [0.2, 0.25) is 0 Å². The average molecular weight is 294 g/mol. The molecule has 1 aliphatic rings. The number of halogens is 1. The summed E-state index contributed by atoms with van der Waals surface area (Å²) >= 11 is 0. The van der Waals surface area contributed by atoms with Gasteiger partial charge in [-0.15, -0.1) is 0 Å². The quantitative estimate of drug-likeness (QED) is 0.446. The fraction of sp³-hybridized carbons (Fsp3) is 0.800. The van der Waals surface area contributed by atoms with E-state index >= 15 is 0 Å². The molecular weight excluding hydrogens is 274 g/mol. The van der Waals surface area contributed by atoms with E-state index in [9.17, 15) is 9.59 Å². The predicted octanol–water partition coefficient (Wildman–Crippen LogP) is -2.97. The molecule has 0 aromatic carbocycles. The zero-order valence-corrected chi connectivity index (χ0v) is 12.1. The molecule has 6 heteroatoms. The van der Waals surface area contributed by atoms with Crippen molar-refractivity contribution >= 4 is 11.9 Å². The number of nitrogens with one attached hydrogen (secondary N) is 1. The first kappa shape index (κ1) is 15.4. The van der Waals surface area contributed by atoms with Gasteiger partial charge in [0.1, 0.15) is 5.54 Å². The van der Waals surface area contributed by atoms with E-state index in [0.717, 1.165) is 11.0 Å². The number of quaternary nitrogens is 1. The summed E-state index contributed by atoms with van der Waals surface area (Å²) < 4.78 is 0.734. The largest absolute Gasteiger partial charge is 1.00 e. The van der Waals surface area contributed by atoms with Gasteiger partial charge in [-0.2, -0.15) is 0 Å². The van der Waals surface area contributed by atoms with Crippen molar-refractivity contribution in [2.24, 2.45) is 0 Å². The smallest absolute Gasteiger partial charge is 0.325 e. The van der Waals surface area contributed by atoms with Crippen molar-refractivity contribution in [3.8, 4) is 0 Å². The first-order valence-electron chi connectivity index (χ1n) is 5.08. The van der Waals surface area contributed by atoms with Crippen LogP contribution in [-0.4, -0.2) is 61.1 Å². The summed E-state index contributed by atoms with van der Waals surface area (Å²) in [6, 6.07) is -0.279. The van der Waals surface area contributed by atoms with E-state index in [0.29, 0.717) is 6.54 Å². The molecule has 0 spiro atoms. The van der Waals surface area contributed by atoms with Crippen molar-refractivity contribution in [3.63, 3.8) is 0 Å². The SMILES string of the molecule is CC1(C)NC(=O)N(CC[N+](C)(C)C)C1=O.[Br-]. The summed E-state index contributed by atoms with van der Waals surface area (Å²) in [5, 5.41) is 2.66. The highest BCUT2D eigenvalue weighted by Gasteiger charge is 2.44. The molecule has 1 saturated heterocycles. The van der Waals surface area contributed by atoms with Crippen LogP contribution in [0.25, 0.3) is 0 Å². The highest BCUT2D eigenvalue weighted by molar-refractivity contribution is 6.06. The second kappa shape index (κ2) is 4.71. The van der Waals surface area contributed by atoms with E-state index in [-0.39, 0.29) is 28.9 Å². The summed E-state index contributed by atoms with van der Waals surface area (Å²) in [6.07, 6.45) is 0. The molecule has 0 bridgehead atoms. The van der Waals surface area contributed by atoms with Gasteiger partial charge >= 0.3 is 6.03 Å². The van der Waals surface area contributed by atoms with E-state index in [2.05, 4.69) is 5.32 Å². The summed E-state index contributed by atoms with van der Waals surface area (Å²) in [5.74, 6) is -0.138. The normalized spacial score (nSPS) is 19.4. The lowest BCUT2D eigenvalue weighted by atomic mass is 10.1. The molecule has 1 aliphatic heterocycles. The maximum Gasteiger partial charge on any atom is 0.325 e. The van der Waals surface area contributed by atoms with Crippen LogP contribution in [0.15, 0.2) is 0 Å². The van der Waals surface area contributed by atoms with Crippen LogP contribution in [0.3, 0.4) is 0 Å². The molecule has 1 fully saturated rings. The van der Waals surface area contributed by atoms with Gasteiger partial charge in [-0.3, -0.25) is 9.69 Å². The second-order valence-electron chi connectivity index (χ2n) is 5.53. The lowest BCUT2D eigenvalue weighted by Crippen LogP contribution is -3.00. The molecule has 0 aliphatic carbocycles. The first-order chi connectivity index (χ1) is 6.63. The zero-order valence-electron chi connectivity index (χ0n) is 10.5. The lowest BCUT2D eigenvalue weighted by molar-refractivity contribution is -0.869. The molecule has 16 heavy (non-hydrogen) atoms. The lowest BCUT2D eigenvalue weighted by Gasteiger charge is -2.26. The van der Waals surface area contributed by atoms with Crippen molar-refractivity contribution < 1.29 is 31.1 Å². The minimum atomic E-state index is -0.748. The van der Waals surface area contributed by atoms with E-state index in [1.165, 1.54) is 4.90 Å². The highest BCUT2D eigenvalue weighted by atomic mass is 79.9. The number of hydrogen-bond donors (Lipinski definition) is 1. The fourth-order valence-corrected chi connectivity index (χ4v) is 1.42. The van der Waals surface area contributed by atoms with Crippen LogP contribution in [0.5, 0.6) is 0 Å². The van der Waals surface area contributed by atoms with Crippen LogP contribution in [0.1, 0.15) is 13.8 Å². The first-order valence-corrected chi connectivity index (χ1v) is 5.08. The number of amides is 3. The summed E-state index contributed by atoms with van der Waals surface area (Å²) in [4.78, 5) is 24.6. The third kappa shape index (κ3) is 3.45. The number of urea groups is 1. The Morgan fingerprint density at radius 3 is 2.06 bits per heavy atom. The molecule has 0 aromatic rings. The molecule has 0 atom stereocenters. The Labute approximate surface area is 107 Å². The number of imide groups is 1. The third-order valence-corrected chi connectivity index (χ3v) is 2.44. The number of hydrogen-bond acceptors (Lipinski definition) is 2. The number of rotatable bonds is 3. The maximum absolute atomic E-state index is 11.8. The standard InChI is InChI=1S/C10H19N3O2.BrH/c1-10(2)8(14)12(9(15)11-10)6-7-13(3,4)5;/h6-7H2,1-5H3;1H. The number of carbonyl (C=O) groups excluding carboxylic acids is 2. The number of carbonyl (C=O) groups is 2. The van der Waals surface area contributed by atoms with Crippen LogP contribution < -0.4 is 22.3 Å². The summed E-state index contributed by atoms with van der Waals surface area (Å²) in [7, 11) is 6.09. The van der Waals surface area contributed by atoms with E-state index in [1.807, 2.05) is 21.1 Å². The molecular formula is C10H20BrN3O2. The van der Waals surface area contributed by atoms with Gasteiger partial charge in [0.05, 0.1) is 34.2 Å². The topological polar surface area (TPSA) is 49.4 Å². The predicted molar refractivity (Wildman–Crippen MR) is 57.2 cm³/mol. The van der Waals surface area contributed by atoms with Gasteiger partial charge < -0.3 is 26.8 Å². The third-order valence-electron chi connectivity index (χ3n) is 2.44. The molecule has 1 N–H and O–H groups in total. The van der Waals surface area contributed by atoms with Gasteiger partial charge in [-0.05, 0) is 13.8 Å². The van der Waals surface area contributed by atoms with E-state index in [4.69, 9.17) is 0 Å². The Bertz CT molecular complexity index is 297. The number of nitrogens with zero attached hydrogens (tertiary/aromatic N) is 2. The molecule has 1 heterocycles.